The Morgan fingerprint density at radius 3 is 2.30 bits per heavy atom. The summed E-state index contributed by atoms with van der Waals surface area (Å²) in [6.45, 7) is 1.64. The molecule has 1 heterocycles. The van der Waals surface area contributed by atoms with Crippen LogP contribution in [0.25, 0.3) is 0 Å². The molecule has 158 valence electrons. The first-order valence-corrected chi connectivity index (χ1v) is 11.0. The largest absolute Gasteiger partial charge is 0.379 e. The second-order valence-electron chi connectivity index (χ2n) is 6.97. The number of morpholine rings is 1. The van der Waals surface area contributed by atoms with Gasteiger partial charge in [-0.25, -0.2) is 8.42 Å². The van der Waals surface area contributed by atoms with Gasteiger partial charge in [-0.1, -0.05) is 11.8 Å². The zero-order chi connectivity index (χ0) is 21.6. The number of sulfonamides is 1. The molecule has 3 rings (SSSR count). The van der Waals surface area contributed by atoms with Crippen LogP contribution in [0.1, 0.15) is 15.9 Å². The molecule has 0 saturated carbocycles. The summed E-state index contributed by atoms with van der Waals surface area (Å²) in [4.78, 5) is 14.5. The Labute approximate surface area is 177 Å². The van der Waals surface area contributed by atoms with Gasteiger partial charge in [0.1, 0.15) is 0 Å². The molecule has 8 heteroatoms. The second kappa shape index (κ2) is 9.76. The van der Waals surface area contributed by atoms with Crippen molar-refractivity contribution < 1.29 is 17.9 Å². The Bertz CT molecular complexity index is 1030. The first-order chi connectivity index (χ1) is 14.4. The molecule has 30 heavy (non-hydrogen) atoms. The average molecular weight is 428 g/mol. The third kappa shape index (κ3) is 5.39. The molecule has 0 unspecified atom stereocenters. The normalized spacial score (nSPS) is 14.5. The van der Waals surface area contributed by atoms with E-state index in [1.54, 1.807) is 0 Å². The predicted molar refractivity (Wildman–Crippen MR) is 116 cm³/mol. The van der Waals surface area contributed by atoms with Gasteiger partial charge in [0, 0.05) is 44.0 Å². The third-order valence-electron chi connectivity index (χ3n) is 4.68. The van der Waals surface area contributed by atoms with E-state index >= 15 is 0 Å². The average Bonchev–Trinajstić information content (AvgIpc) is 2.77. The van der Waals surface area contributed by atoms with Crippen LogP contribution >= 0.6 is 0 Å². The number of carbonyl (C=O) groups excluding carboxylic acids is 1. The SMILES string of the molecule is CN(C)c1ccc(C#CCNC(=O)c2ccc(S(=O)(=O)N3CCOCC3)cc2)cc1. The summed E-state index contributed by atoms with van der Waals surface area (Å²) >= 11 is 0. The van der Waals surface area contributed by atoms with Crippen molar-refractivity contribution in [2.45, 2.75) is 4.90 Å². The fourth-order valence-corrected chi connectivity index (χ4v) is 4.34. The van der Waals surface area contributed by atoms with Gasteiger partial charge in [0.05, 0.1) is 24.7 Å². The fraction of sp³-hybridized carbons (Fsp3) is 0.318. The molecule has 1 fully saturated rings. The van der Waals surface area contributed by atoms with E-state index in [9.17, 15) is 13.2 Å². The van der Waals surface area contributed by atoms with Crippen molar-refractivity contribution in [1.82, 2.24) is 9.62 Å². The van der Waals surface area contributed by atoms with Crippen LogP contribution in [0.5, 0.6) is 0 Å². The lowest BCUT2D eigenvalue weighted by molar-refractivity contribution is 0.0730. The van der Waals surface area contributed by atoms with Crippen molar-refractivity contribution in [3.8, 4) is 11.8 Å². The van der Waals surface area contributed by atoms with Gasteiger partial charge in [-0.15, -0.1) is 0 Å². The summed E-state index contributed by atoms with van der Waals surface area (Å²) in [5.74, 6) is 5.62. The third-order valence-corrected chi connectivity index (χ3v) is 6.59. The number of anilines is 1. The topological polar surface area (TPSA) is 79.0 Å². The van der Waals surface area contributed by atoms with Gasteiger partial charge < -0.3 is 15.0 Å². The molecule has 1 aliphatic heterocycles. The highest BCUT2D eigenvalue weighted by atomic mass is 32.2. The summed E-state index contributed by atoms with van der Waals surface area (Å²) in [7, 11) is 0.378. The highest BCUT2D eigenvalue weighted by molar-refractivity contribution is 7.89. The zero-order valence-corrected chi connectivity index (χ0v) is 17.9. The highest BCUT2D eigenvalue weighted by Crippen LogP contribution is 2.17. The molecule has 1 N–H and O–H groups in total. The molecule has 1 aliphatic rings. The number of hydrogen-bond donors (Lipinski definition) is 1. The van der Waals surface area contributed by atoms with Crippen LogP contribution in [0.3, 0.4) is 0 Å². The fourth-order valence-electron chi connectivity index (χ4n) is 2.93. The van der Waals surface area contributed by atoms with Crippen molar-refractivity contribution in [2.75, 3.05) is 51.8 Å². The van der Waals surface area contributed by atoms with E-state index in [0.717, 1.165) is 11.3 Å². The molecule has 0 atom stereocenters. The van der Waals surface area contributed by atoms with Gasteiger partial charge in [-0.05, 0) is 48.5 Å². The van der Waals surface area contributed by atoms with E-state index in [2.05, 4.69) is 17.2 Å². The molecule has 2 aromatic carbocycles. The van der Waals surface area contributed by atoms with Crippen molar-refractivity contribution >= 4 is 21.6 Å². The number of hydrogen-bond acceptors (Lipinski definition) is 5. The van der Waals surface area contributed by atoms with Crippen LogP contribution in [0, 0.1) is 11.8 Å². The standard InChI is InChI=1S/C22H25N3O4S/c1-24(2)20-9-5-18(6-10-20)4-3-13-23-22(26)19-7-11-21(12-8-19)30(27,28)25-14-16-29-17-15-25/h5-12H,13-17H2,1-2H3,(H,23,26). The molecule has 0 radical (unpaired) electrons. The van der Waals surface area contributed by atoms with E-state index in [-0.39, 0.29) is 17.3 Å². The lowest BCUT2D eigenvalue weighted by atomic mass is 10.2. The second-order valence-corrected chi connectivity index (χ2v) is 8.90. The molecule has 7 nitrogen and oxygen atoms in total. The molecular weight excluding hydrogens is 402 g/mol. The van der Waals surface area contributed by atoms with Crippen LogP contribution in [-0.4, -0.2) is 65.6 Å². The van der Waals surface area contributed by atoms with Crippen molar-refractivity contribution in [1.29, 1.82) is 0 Å². The van der Waals surface area contributed by atoms with Crippen LogP contribution < -0.4 is 10.2 Å². The van der Waals surface area contributed by atoms with E-state index in [1.807, 2.05) is 43.3 Å². The maximum atomic E-state index is 12.6. The summed E-state index contributed by atoms with van der Waals surface area (Å²) < 4.78 is 31.8. The smallest absolute Gasteiger partial charge is 0.252 e. The number of benzene rings is 2. The summed E-state index contributed by atoms with van der Waals surface area (Å²) in [6.07, 6.45) is 0. The van der Waals surface area contributed by atoms with Crippen LogP contribution in [0.4, 0.5) is 5.69 Å². The molecular formula is C22H25N3O4S. The molecule has 0 spiro atoms. The van der Waals surface area contributed by atoms with Gasteiger partial charge in [-0.2, -0.15) is 4.31 Å². The minimum absolute atomic E-state index is 0.168. The van der Waals surface area contributed by atoms with E-state index in [0.29, 0.717) is 31.9 Å². The maximum Gasteiger partial charge on any atom is 0.252 e. The Balaban J connectivity index is 1.56. The number of nitrogens with zero attached hydrogens (tertiary/aromatic N) is 2. The first-order valence-electron chi connectivity index (χ1n) is 9.60. The quantitative estimate of drug-likeness (QED) is 0.733. The van der Waals surface area contributed by atoms with Crippen molar-refractivity contribution in [2.24, 2.45) is 0 Å². The molecule has 1 amide bonds. The maximum absolute atomic E-state index is 12.6. The Morgan fingerprint density at radius 2 is 1.70 bits per heavy atom. The van der Waals surface area contributed by atoms with E-state index in [1.165, 1.54) is 28.6 Å². The Hall–Kier alpha value is -2.86. The number of ether oxygens (including phenoxy) is 1. The number of amides is 1. The minimum Gasteiger partial charge on any atom is -0.379 e. The monoisotopic (exact) mass is 427 g/mol. The van der Waals surface area contributed by atoms with Gasteiger partial charge in [-0.3, -0.25) is 4.79 Å². The van der Waals surface area contributed by atoms with E-state index in [4.69, 9.17) is 4.74 Å². The summed E-state index contributed by atoms with van der Waals surface area (Å²) in [5.41, 5.74) is 2.34. The zero-order valence-electron chi connectivity index (χ0n) is 17.1. The lowest BCUT2D eigenvalue weighted by Crippen LogP contribution is -2.40. The van der Waals surface area contributed by atoms with Gasteiger partial charge in [0.2, 0.25) is 10.0 Å². The summed E-state index contributed by atoms with van der Waals surface area (Å²) in [5, 5.41) is 2.72. The van der Waals surface area contributed by atoms with Crippen molar-refractivity contribution in [3.05, 3.63) is 59.7 Å². The van der Waals surface area contributed by atoms with Crippen LogP contribution in [-0.2, 0) is 14.8 Å². The molecule has 0 aliphatic carbocycles. The Kier molecular flexibility index (Phi) is 7.11. The molecule has 2 aromatic rings. The molecule has 1 saturated heterocycles. The van der Waals surface area contributed by atoms with Crippen LogP contribution in [0.2, 0.25) is 0 Å². The number of carbonyl (C=O) groups is 1. The van der Waals surface area contributed by atoms with Gasteiger partial charge in [0.25, 0.3) is 5.91 Å². The first kappa shape index (κ1) is 21.8. The minimum atomic E-state index is -3.57. The number of rotatable bonds is 5. The highest BCUT2D eigenvalue weighted by Gasteiger charge is 2.26. The van der Waals surface area contributed by atoms with Gasteiger partial charge >= 0.3 is 0 Å². The van der Waals surface area contributed by atoms with Gasteiger partial charge in [0.15, 0.2) is 0 Å². The summed E-state index contributed by atoms with van der Waals surface area (Å²) in [6, 6.07) is 13.8. The lowest BCUT2D eigenvalue weighted by Gasteiger charge is -2.26. The van der Waals surface area contributed by atoms with Crippen molar-refractivity contribution in [3.63, 3.8) is 0 Å². The molecule has 0 bridgehead atoms. The van der Waals surface area contributed by atoms with E-state index < -0.39 is 10.0 Å². The predicted octanol–water partition coefficient (Wildman–Crippen LogP) is 1.55. The molecule has 0 aromatic heterocycles. The number of nitrogens with one attached hydrogen (secondary N) is 1. The Morgan fingerprint density at radius 1 is 1.07 bits per heavy atom. The van der Waals surface area contributed by atoms with Crippen LogP contribution in [0.15, 0.2) is 53.4 Å².